The first-order valence-electron chi connectivity index (χ1n) is 11.2. The maximum atomic E-state index is 12.2. The molecule has 2 aromatic carbocycles. The maximum Gasteiger partial charge on any atom is 0.256 e. The zero-order valence-corrected chi connectivity index (χ0v) is 20.1. The predicted molar refractivity (Wildman–Crippen MR) is 142 cm³/mol. The second-order valence-corrected chi connectivity index (χ2v) is 7.61. The van der Waals surface area contributed by atoms with E-state index in [1.165, 1.54) is 19.1 Å². The Kier molecular flexibility index (Phi) is 9.76. The molecule has 0 radical (unpaired) electrons. The lowest BCUT2D eigenvalue weighted by molar-refractivity contribution is -0.112. The predicted octanol–water partition coefficient (Wildman–Crippen LogP) is 5.84. The van der Waals surface area contributed by atoms with Crippen molar-refractivity contribution >= 4 is 41.2 Å². The zero-order chi connectivity index (χ0) is 25.1. The number of nitrogens with zero attached hydrogens (tertiary/aromatic N) is 2. The third kappa shape index (κ3) is 6.90. The Morgan fingerprint density at radius 1 is 1.12 bits per heavy atom. The molecule has 0 fully saturated rings. The Morgan fingerprint density at radius 3 is 2.47 bits per heavy atom. The highest BCUT2D eigenvalue weighted by molar-refractivity contribution is 6.17. The van der Waals surface area contributed by atoms with Gasteiger partial charge in [0.05, 0.1) is 11.3 Å². The molecule has 34 heavy (non-hydrogen) atoms. The summed E-state index contributed by atoms with van der Waals surface area (Å²) in [4.78, 5) is 12.2. The number of aromatic nitrogens is 2. The molecule has 8 heteroatoms. The number of rotatable bonds is 8. The Morgan fingerprint density at radius 2 is 1.85 bits per heavy atom. The fourth-order valence-corrected chi connectivity index (χ4v) is 2.84. The molecule has 0 saturated heterocycles. The largest absolute Gasteiger partial charge is 0.398 e. The van der Waals surface area contributed by atoms with Gasteiger partial charge in [-0.1, -0.05) is 38.8 Å². The van der Waals surface area contributed by atoms with E-state index in [4.69, 9.17) is 16.6 Å². The molecule has 178 valence electrons. The van der Waals surface area contributed by atoms with Gasteiger partial charge in [0.1, 0.15) is 0 Å². The summed E-state index contributed by atoms with van der Waals surface area (Å²) < 4.78 is 1.72. The van der Waals surface area contributed by atoms with Gasteiger partial charge in [0.25, 0.3) is 5.91 Å². The van der Waals surface area contributed by atoms with Crippen LogP contribution in [0.1, 0.15) is 44.7 Å². The molecular formula is C26H33N7O. The number of amides is 1. The second kappa shape index (κ2) is 12.7. The molecule has 0 atom stereocenters. The number of nitrogens with two attached hydrogens (primary N) is 1. The van der Waals surface area contributed by atoms with Crippen molar-refractivity contribution in [2.45, 2.75) is 40.5 Å². The van der Waals surface area contributed by atoms with Gasteiger partial charge in [-0.3, -0.25) is 4.79 Å². The van der Waals surface area contributed by atoms with Crippen LogP contribution in [-0.4, -0.2) is 28.1 Å². The van der Waals surface area contributed by atoms with Gasteiger partial charge in [0.2, 0.25) is 0 Å². The highest BCUT2D eigenvalue weighted by atomic mass is 16.1. The van der Waals surface area contributed by atoms with Crippen LogP contribution in [0.15, 0.2) is 60.3 Å². The molecule has 0 saturated carbocycles. The molecular weight excluding hydrogens is 426 g/mol. The van der Waals surface area contributed by atoms with Crippen LogP contribution in [0, 0.1) is 17.7 Å². The van der Waals surface area contributed by atoms with Crippen LogP contribution in [0.4, 0.5) is 22.9 Å². The Bertz CT molecular complexity index is 1180. The minimum absolute atomic E-state index is 0.287. The monoisotopic (exact) mass is 459 g/mol. The molecule has 0 aliphatic rings. The van der Waals surface area contributed by atoms with E-state index in [0.29, 0.717) is 22.8 Å². The van der Waals surface area contributed by atoms with E-state index in [-0.39, 0.29) is 11.5 Å². The van der Waals surface area contributed by atoms with Gasteiger partial charge in [-0.05, 0) is 50.2 Å². The number of aryl methyl sites for hydroxylation is 1. The average Bonchev–Trinajstić information content (AvgIpc) is 3.21. The number of nitrogens with one attached hydrogen (secondary N) is 4. The average molecular weight is 460 g/mol. The lowest BCUT2D eigenvalue weighted by Crippen LogP contribution is -2.15. The summed E-state index contributed by atoms with van der Waals surface area (Å²) in [5.74, 6) is 0.333. The van der Waals surface area contributed by atoms with Crippen LogP contribution in [0.3, 0.4) is 0 Å². The summed E-state index contributed by atoms with van der Waals surface area (Å²) in [7, 11) is 0. The summed E-state index contributed by atoms with van der Waals surface area (Å²) in [6.07, 6.45) is 8.34. The van der Waals surface area contributed by atoms with Crippen molar-refractivity contribution in [1.82, 2.24) is 9.78 Å². The highest BCUT2D eigenvalue weighted by Gasteiger charge is 2.10. The molecule has 3 aromatic rings. The van der Waals surface area contributed by atoms with Gasteiger partial charge in [0.15, 0.2) is 5.82 Å². The van der Waals surface area contributed by atoms with E-state index in [9.17, 15) is 4.79 Å². The second-order valence-electron chi connectivity index (χ2n) is 7.61. The summed E-state index contributed by atoms with van der Waals surface area (Å²) >= 11 is 0. The van der Waals surface area contributed by atoms with Crippen LogP contribution in [0.2, 0.25) is 0 Å². The summed E-state index contributed by atoms with van der Waals surface area (Å²) in [5, 5.41) is 25.4. The number of benzene rings is 2. The van der Waals surface area contributed by atoms with Gasteiger partial charge in [-0.25, -0.2) is 4.68 Å². The van der Waals surface area contributed by atoms with E-state index < -0.39 is 0 Å². The van der Waals surface area contributed by atoms with Crippen LogP contribution in [0.25, 0.3) is 5.69 Å². The normalized spacial score (nSPS) is 10.6. The molecule has 0 bridgehead atoms. The van der Waals surface area contributed by atoms with Crippen molar-refractivity contribution < 1.29 is 4.79 Å². The summed E-state index contributed by atoms with van der Waals surface area (Å²) in [5.41, 5.74) is 10.4. The maximum absolute atomic E-state index is 12.2. The number of carbonyl (C=O) groups excluding carboxylic acids is 1. The van der Waals surface area contributed by atoms with E-state index in [1.54, 1.807) is 35.9 Å². The Hall–Kier alpha value is -4.20. The smallest absolute Gasteiger partial charge is 0.256 e. The number of unbranched alkanes of at least 4 members (excludes halogenated alkanes) is 1. The first kappa shape index (κ1) is 26.1. The SMILES string of the molecule is C/C=C(\C=N)C(=O)Nc1cccc(-n2cc(C)c(Nc3ccc(N)c(C=N)c3)n2)c1.CCCC. The lowest BCUT2D eigenvalue weighted by Gasteiger charge is -2.08. The molecule has 1 amide bonds. The molecule has 1 heterocycles. The Labute approximate surface area is 200 Å². The fourth-order valence-electron chi connectivity index (χ4n) is 2.84. The van der Waals surface area contributed by atoms with Crippen LogP contribution in [0.5, 0.6) is 0 Å². The van der Waals surface area contributed by atoms with Gasteiger partial charge < -0.3 is 27.2 Å². The third-order valence-corrected chi connectivity index (χ3v) is 5.00. The Balaban J connectivity index is 0.000000945. The molecule has 3 rings (SSSR count). The minimum Gasteiger partial charge on any atom is -0.398 e. The standard InChI is InChI=1S/C22H23N7O.C4H10/c1-3-15(11-23)22(30)27-17-5-4-6-19(10-17)29-13-14(2)21(28-29)26-18-7-8-20(25)16(9-18)12-24;1-3-4-2/h3-13,23-24H,25H2,1-2H3,(H,26,28)(H,27,30);3-4H2,1-2H3/b15-3+,23-11?,24-12?;. The number of carbonyl (C=O) groups is 1. The lowest BCUT2D eigenvalue weighted by atomic mass is 10.1. The third-order valence-electron chi connectivity index (χ3n) is 5.00. The van der Waals surface area contributed by atoms with Crippen molar-refractivity contribution in [3.8, 4) is 5.69 Å². The quantitative estimate of drug-likeness (QED) is 0.164. The molecule has 0 aliphatic carbocycles. The number of hydrogen-bond donors (Lipinski definition) is 5. The molecule has 0 unspecified atom stereocenters. The van der Waals surface area contributed by atoms with Gasteiger partial charge in [0, 0.05) is 46.8 Å². The van der Waals surface area contributed by atoms with E-state index >= 15 is 0 Å². The first-order valence-corrected chi connectivity index (χ1v) is 11.2. The van der Waals surface area contributed by atoms with Gasteiger partial charge >= 0.3 is 0 Å². The van der Waals surface area contributed by atoms with E-state index in [2.05, 4.69) is 29.6 Å². The molecule has 0 aliphatic heterocycles. The van der Waals surface area contributed by atoms with Crippen LogP contribution in [-0.2, 0) is 4.79 Å². The number of nitrogen functional groups attached to an aromatic ring is 1. The van der Waals surface area contributed by atoms with Gasteiger partial charge in [-0.15, -0.1) is 5.10 Å². The molecule has 0 spiro atoms. The van der Waals surface area contributed by atoms with E-state index in [0.717, 1.165) is 23.2 Å². The molecule has 1 aromatic heterocycles. The van der Waals surface area contributed by atoms with Gasteiger partial charge in [-0.2, -0.15) is 0 Å². The zero-order valence-electron chi connectivity index (χ0n) is 20.1. The van der Waals surface area contributed by atoms with Crippen LogP contribution >= 0.6 is 0 Å². The molecule has 8 nitrogen and oxygen atoms in total. The van der Waals surface area contributed by atoms with Crippen molar-refractivity contribution in [2.24, 2.45) is 0 Å². The number of hydrogen-bond acceptors (Lipinski definition) is 6. The number of allylic oxidation sites excluding steroid dienone is 1. The minimum atomic E-state index is -0.339. The van der Waals surface area contributed by atoms with Crippen molar-refractivity contribution in [2.75, 3.05) is 16.4 Å². The van der Waals surface area contributed by atoms with Crippen molar-refractivity contribution in [3.63, 3.8) is 0 Å². The summed E-state index contributed by atoms with van der Waals surface area (Å²) in [6, 6.07) is 12.7. The topological polar surface area (TPSA) is 133 Å². The molecule has 6 N–H and O–H groups in total. The van der Waals surface area contributed by atoms with E-state index in [1.807, 2.05) is 37.4 Å². The highest BCUT2D eigenvalue weighted by Crippen LogP contribution is 2.24. The fraction of sp³-hybridized carbons (Fsp3) is 0.231. The van der Waals surface area contributed by atoms with Crippen molar-refractivity contribution in [3.05, 3.63) is 71.4 Å². The first-order chi connectivity index (χ1) is 16.4. The summed E-state index contributed by atoms with van der Waals surface area (Å²) in [6.45, 7) is 8.01. The van der Waals surface area contributed by atoms with Crippen molar-refractivity contribution in [1.29, 1.82) is 10.8 Å². The number of anilines is 4. The van der Waals surface area contributed by atoms with Crippen LogP contribution < -0.4 is 16.4 Å².